The first-order chi connectivity index (χ1) is 11.3. The van der Waals surface area contributed by atoms with E-state index in [2.05, 4.69) is 15.0 Å². The number of hydrogen-bond acceptors (Lipinski definition) is 5. The van der Waals surface area contributed by atoms with Crippen molar-refractivity contribution >= 4 is 0 Å². The first-order valence-corrected chi connectivity index (χ1v) is 8.34. The number of benzene rings is 1. The Morgan fingerprint density at radius 1 is 1.09 bits per heavy atom. The van der Waals surface area contributed by atoms with E-state index in [0.717, 1.165) is 69.5 Å². The molecule has 124 valence electrons. The number of nitrogens with zero attached hydrogens (tertiary/aromatic N) is 3. The lowest BCUT2D eigenvalue weighted by molar-refractivity contribution is 0.113. The molecule has 0 atom stereocenters. The zero-order chi connectivity index (χ0) is 15.9. The van der Waals surface area contributed by atoms with Crippen LogP contribution in [0.4, 0.5) is 0 Å². The van der Waals surface area contributed by atoms with Gasteiger partial charge in [0, 0.05) is 38.8 Å². The van der Waals surface area contributed by atoms with E-state index in [1.165, 1.54) is 0 Å². The van der Waals surface area contributed by atoms with E-state index in [9.17, 15) is 0 Å². The lowest BCUT2D eigenvalue weighted by atomic mass is 10.2. The van der Waals surface area contributed by atoms with Crippen LogP contribution in [0.5, 0.6) is 5.75 Å². The summed E-state index contributed by atoms with van der Waals surface area (Å²) < 4.78 is 11.0. The van der Waals surface area contributed by atoms with Crippen molar-refractivity contribution in [1.29, 1.82) is 0 Å². The van der Waals surface area contributed by atoms with Crippen LogP contribution in [0.1, 0.15) is 17.9 Å². The van der Waals surface area contributed by atoms with Gasteiger partial charge < -0.3 is 14.2 Å². The van der Waals surface area contributed by atoms with Gasteiger partial charge in [0.05, 0.1) is 18.8 Å². The van der Waals surface area contributed by atoms with Gasteiger partial charge in [-0.2, -0.15) is 0 Å². The Morgan fingerprint density at radius 2 is 1.83 bits per heavy atom. The molecule has 2 aromatic rings. The first-order valence-electron chi connectivity index (χ1n) is 8.34. The van der Waals surface area contributed by atoms with Crippen LogP contribution >= 0.6 is 0 Å². The molecule has 3 rings (SSSR count). The quantitative estimate of drug-likeness (QED) is 0.735. The molecule has 1 aromatic heterocycles. The normalized spacial score (nSPS) is 16.6. The van der Waals surface area contributed by atoms with Gasteiger partial charge >= 0.3 is 0 Å². The van der Waals surface area contributed by atoms with Gasteiger partial charge in [-0.15, -0.1) is 0 Å². The van der Waals surface area contributed by atoms with Crippen LogP contribution in [0.3, 0.4) is 0 Å². The average molecular weight is 315 g/mol. The summed E-state index contributed by atoms with van der Waals surface area (Å²) >= 11 is 0. The summed E-state index contributed by atoms with van der Waals surface area (Å²) in [5, 5.41) is 3.95. The summed E-state index contributed by atoms with van der Waals surface area (Å²) in [6.07, 6.45) is 1.07. The van der Waals surface area contributed by atoms with Crippen LogP contribution in [-0.2, 0) is 6.54 Å². The van der Waals surface area contributed by atoms with Crippen molar-refractivity contribution in [1.82, 2.24) is 15.0 Å². The Bertz CT molecular complexity index is 577. The zero-order valence-corrected chi connectivity index (χ0v) is 13.8. The van der Waals surface area contributed by atoms with Crippen molar-refractivity contribution in [3.63, 3.8) is 0 Å². The molecule has 1 aliphatic rings. The van der Waals surface area contributed by atoms with Crippen molar-refractivity contribution in [3.8, 4) is 5.75 Å². The molecule has 0 saturated carbocycles. The number of piperazine rings is 1. The second-order valence-corrected chi connectivity index (χ2v) is 6.07. The molecule has 5 nitrogen and oxygen atoms in total. The summed E-state index contributed by atoms with van der Waals surface area (Å²) in [6.45, 7) is 9.09. The van der Waals surface area contributed by atoms with Gasteiger partial charge in [-0.25, -0.2) is 0 Å². The monoisotopic (exact) mass is 315 g/mol. The van der Waals surface area contributed by atoms with Crippen molar-refractivity contribution in [2.75, 3.05) is 39.3 Å². The van der Waals surface area contributed by atoms with Gasteiger partial charge in [0.15, 0.2) is 5.76 Å². The van der Waals surface area contributed by atoms with Crippen LogP contribution in [0.25, 0.3) is 0 Å². The predicted octanol–water partition coefficient (Wildman–Crippen LogP) is 2.57. The fourth-order valence-electron chi connectivity index (χ4n) is 2.88. The Hall–Kier alpha value is -1.85. The fraction of sp³-hybridized carbons (Fsp3) is 0.500. The molecule has 1 aliphatic heterocycles. The summed E-state index contributed by atoms with van der Waals surface area (Å²) in [6, 6.07) is 12.0. The molecule has 1 aromatic carbocycles. The Labute approximate surface area is 137 Å². The van der Waals surface area contributed by atoms with E-state index >= 15 is 0 Å². The Morgan fingerprint density at radius 3 is 2.52 bits per heavy atom. The summed E-state index contributed by atoms with van der Waals surface area (Å²) in [5.41, 5.74) is 0.956. The molecule has 0 bridgehead atoms. The Kier molecular flexibility index (Phi) is 5.66. The van der Waals surface area contributed by atoms with E-state index in [1.54, 1.807) is 0 Å². The molecule has 0 amide bonds. The molecule has 1 fully saturated rings. The van der Waals surface area contributed by atoms with Gasteiger partial charge in [0.2, 0.25) is 0 Å². The van der Waals surface area contributed by atoms with E-state index < -0.39 is 0 Å². The molecular weight excluding hydrogens is 290 g/mol. The highest BCUT2D eigenvalue weighted by Crippen LogP contribution is 2.11. The van der Waals surface area contributed by atoms with Gasteiger partial charge in [0.25, 0.3) is 0 Å². The second kappa shape index (κ2) is 8.13. The number of para-hydroxylation sites is 1. The SMILES string of the molecule is Cc1cc(CN2CCN(CCCOc3ccccc3)CC2)on1. The molecular formula is C18H25N3O2. The summed E-state index contributed by atoms with van der Waals surface area (Å²) in [7, 11) is 0. The van der Waals surface area contributed by atoms with Crippen LogP contribution in [0.2, 0.25) is 0 Å². The third-order valence-corrected chi connectivity index (χ3v) is 4.15. The van der Waals surface area contributed by atoms with E-state index in [-0.39, 0.29) is 0 Å². The van der Waals surface area contributed by atoms with Crippen LogP contribution in [-0.4, -0.2) is 54.3 Å². The highest BCUT2D eigenvalue weighted by Gasteiger charge is 2.17. The van der Waals surface area contributed by atoms with Crippen LogP contribution in [0.15, 0.2) is 40.9 Å². The van der Waals surface area contributed by atoms with Gasteiger partial charge in [-0.05, 0) is 25.5 Å². The average Bonchev–Trinajstić information content (AvgIpc) is 2.99. The molecule has 0 spiro atoms. The van der Waals surface area contributed by atoms with Crippen LogP contribution in [0, 0.1) is 6.92 Å². The van der Waals surface area contributed by atoms with Crippen molar-refractivity contribution in [2.45, 2.75) is 19.9 Å². The summed E-state index contributed by atoms with van der Waals surface area (Å²) in [5.74, 6) is 1.92. The fourth-order valence-corrected chi connectivity index (χ4v) is 2.88. The molecule has 1 saturated heterocycles. The molecule has 0 N–H and O–H groups in total. The largest absolute Gasteiger partial charge is 0.494 e. The predicted molar refractivity (Wildman–Crippen MR) is 89.5 cm³/mol. The minimum Gasteiger partial charge on any atom is -0.494 e. The van der Waals surface area contributed by atoms with Gasteiger partial charge in [-0.1, -0.05) is 23.4 Å². The van der Waals surface area contributed by atoms with E-state index in [1.807, 2.05) is 43.3 Å². The maximum Gasteiger partial charge on any atom is 0.150 e. The van der Waals surface area contributed by atoms with Crippen molar-refractivity contribution in [3.05, 3.63) is 47.9 Å². The first kappa shape index (κ1) is 16.0. The second-order valence-electron chi connectivity index (χ2n) is 6.07. The number of aromatic nitrogens is 1. The minimum atomic E-state index is 0.779. The van der Waals surface area contributed by atoms with Gasteiger partial charge in [0.1, 0.15) is 5.75 Å². The smallest absolute Gasteiger partial charge is 0.150 e. The molecule has 5 heteroatoms. The molecule has 23 heavy (non-hydrogen) atoms. The highest BCUT2D eigenvalue weighted by atomic mass is 16.5. The third-order valence-electron chi connectivity index (χ3n) is 4.15. The van der Waals surface area contributed by atoms with Crippen molar-refractivity contribution < 1.29 is 9.26 Å². The zero-order valence-electron chi connectivity index (χ0n) is 13.8. The Balaban J connectivity index is 1.30. The lowest BCUT2D eigenvalue weighted by Gasteiger charge is -2.34. The van der Waals surface area contributed by atoms with Crippen molar-refractivity contribution in [2.24, 2.45) is 0 Å². The standard InChI is InChI=1S/C18H25N3O2/c1-16-14-18(23-19-16)15-21-11-9-20(10-12-21)8-5-13-22-17-6-3-2-4-7-17/h2-4,6-7,14H,5,8-13,15H2,1H3. The topological polar surface area (TPSA) is 41.7 Å². The molecule has 0 unspecified atom stereocenters. The maximum atomic E-state index is 5.74. The molecule has 2 heterocycles. The van der Waals surface area contributed by atoms with E-state index in [4.69, 9.17) is 9.26 Å². The van der Waals surface area contributed by atoms with Gasteiger partial charge in [-0.3, -0.25) is 4.90 Å². The van der Waals surface area contributed by atoms with E-state index in [0.29, 0.717) is 0 Å². The molecule has 0 aliphatic carbocycles. The van der Waals surface area contributed by atoms with Crippen LogP contribution < -0.4 is 4.74 Å². The number of hydrogen-bond donors (Lipinski definition) is 0. The highest BCUT2D eigenvalue weighted by molar-refractivity contribution is 5.20. The summed E-state index contributed by atoms with van der Waals surface area (Å²) in [4.78, 5) is 4.94. The lowest BCUT2D eigenvalue weighted by Crippen LogP contribution is -2.46. The maximum absolute atomic E-state index is 5.74. The third kappa shape index (κ3) is 5.08. The minimum absolute atomic E-state index is 0.779. The molecule has 0 radical (unpaired) electrons. The number of ether oxygens (including phenoxy) is 1. The number of rotatable bonds is 7. The number of aryl methyl sites for hydroxylation is 1.